The number of piperidine rings is 1. The van der Waals surface area contributed by atoms with Gasteiger partial charge in [-0.1, -0.05) is 30.7 Å². The second-order valence-corrected chi connectivity index (χ2v) is 10.7. The minimum atomic E-state index is -3.73. The molecule has 2 aliphatic heterocycles. The fourth-order valence-electron chi connectivity index (χ4n) is 4.55. The van der Waals surface area contributed by atoms with Crippen molar-refractivity contribution in [1.29, 1.82) is 0 Å². The molecule has 8 nitrogen and oxygen atoms in total. The Morgan fingerprint density at radius 3 is 2.41 bits per heavy atom. The molecule has 1 saturated heterocycles. The average molecular weight is 488 g/mol. The normalized spacial score (nSPS) is 17.1. The van der Waals surface area contributed by atoms with E-state index in [1.165, 1.54) is 24.8 Å². The minimum absolute atomic E-state index is 0.339. The molecular weight excluding hydrogens is 454 g/mol. The van der Waals surface area contributed by atoms with E-state index < -0.39 is 16.1 Å². The SMILES string of the molecule is CC(C(=O)NCc1ccccc1CN1CCCCC1)N(c1ccc2c(c1)OCCO2)S(C)(=O)=O. The first-order valence-corrected chi connectivity index (χ1v) is 13.6. The van der Waals surface area contributed by atoms with E-state index in [1.807, 2.05) is 18.2 Å². The molecule has 0 spiro atoms. The second-order valence-electron chi connectivity index (χ2n) is 8.89. The van der Waals surface area contributed by atoms with Gasteiger partial charge in [0.15, 0.2) is 11.5 Å². The van der Waals surface area contributed by atoms with E-state index in [1.54, 1.807) is 25.1 Å². The van der Waals surface area contributed by atoms with Crippen molar-refractivity contribution in [2.24, 2.45) is 0 Å². The zero-order chi connectivity index (χ0) is 24.1. The maximum atomic E-state index is 13.1. The summed E-state index contributed by atoms with van der Waals surface area (Å²) >= 11 is 0. The summed E-state index contributed by atoms with van der Waals surface area (Å²) in [5, 5.41) is 2.94. The van der Waals surface area contributed by atoms with E-state index in [-0.39, 0.29) is 5.91 Å². The molecule has 0 aromatic heterocycles. The molecule has 2 aromatic carbocycles. The van der Waals surface area contributed by atoms with E-state index in [0.29, 0.717) is 36.9 Å². The summed E-state index contributed by atoms with van der Waals surface area (Å²) in [7, 11) is -3.73. The maximum Gasteiger partial charge on any atom is 0.243 e. The molecule has 1 N–H and O–H groups in total. The lowest BCUT2D eigenvalue weighted by Crippen LogP contribution is -2.47. The Labute approximate surface area is 201 Å². The molecule has 0 radical (unpaired) electrons. The van der Waals surface area contributed by atoms with Crippen LogP contribution in [0.4, 0.5) is 5.69 Å². The molecule has 1 amide bonds. The number of fused-ring (bicyclic) bond motifs is 1. The van der Waals surface area contributed by atoms with Crippen LogP contribution >= 0.6 is 0 Å². The quantitative estimate of drug-likeness (QED) is 0.616. The Morgan fingerprint density at radius 1 is 1.03 bits per heavy atom. The fraction of sp³-hybridized carbons (Fsp3) is 0.480. The van der Waals surface area contributed by atoms with Gasteiger partial charge in [0.05, 0.1) is 11.9 Å². The van der Waals surface area contributed by atoms with Gasteiger partial charge in [0.25, 0.3) is 0 Å². The van der Waals surface area contributed by atoms with Crippen LogP contribution in [0.25, 0.3) is 0 Å². The number of likely N-dealkylation sites (tertiary alicyclic amines) is 1. The van der Waals surface area contributed by atoms with Crippen molar-refractivity contribution in [2.75, 3.05) is 36.9 Å². The third-order valence-electron chi connectivity index (χ3n) is 6.28. The molecule has 9 heteroatoms. The van der Waals surface area contributed by atoms with Gasteiger partial charge in [-0.15, -0.1) is 0 Å². The van der Waals surface area contributed by atoms with Crippen LogP contribution in [0.15, 0.2) is 42.5 Å². The van der Waals surface area contributed by atoms with Gasteiger partial charge >= 0.3 is 0 Å². The highest BCUT2D eigenvalue weighted by Gasteiger charge is 2.30. The highest BCUT2D eigenvalue weighted by molar-refractivity contribution is 7.92. The van der Waals surface area contributed by atoms with Crippen LogP contribution in [-0.4, -0.2) is 57.8 Å². The van der Waals surface area contributed by atoms with E-state index in [9.17, 15) is 13.2 Å². The number of benzene rings is 2. The van der Waals surface area contributed by atoms with E-state index in [0.717, 1.165) is 35.8 Å². The number of carbonyl (C=O) groups is 1. The predicted molar refractivity (Wildman–Crippen MR) is 132 cm³/mol. The number of ether oxygens (including phenoxy) is 2. The summed E-state index contributed by atoms with van der Waals surface area (Å²) in [6.07, 6.45) is 4.82. The van der Waals surface area contributed by atoms with Gasteiger partial charge < -0.3 is 14.8 Å². The van der Waals surface area contributed by atoms with E-state index in [4.69, 9.17) is 9.47 Å². The molecule has 0 aliphatic carbocycles. The molecule has 0 saturated carbocycles. The third kappa shape index (κ3) is 5.82. The van der Waals surface area contributed by atoms with Gasteiger partial charge in [0, 0.05) is 19.2 Å². The van der Waals surface area contributed by atoms with Crippen molar-refractivity contribution in [2.45, 2.75) is 45.3 Å². The summed E-state index contributed by atoms with van der Waals surface area (Å²) in [4.78, 5) is 15.5. The Bertz CT molecular complexity index is 1120. The van der Waals surface area contributed by atoms with Crippen LogP contribution in [-0.2, 0) is 27.9 Å². The fourth-order valence-corrected chi connectivity index (χ4v) is 5.72. The zero-order valence-electron chi connectivity index (χ0n) is 19.8. The smallest absolute Gasteiger partial charge is 0.243 e. The summed E-state index contributed by atoms with van der Waals surface area (Å²) < 4.78 is 37.6. The lowest BCUT2D eigenvalue weighted by molar-refractivity contribution is -0.122. The summed E-state index contributed by atoms with van der Waals surface area (Å²) in [6.45, 7) is 5.81. The van der Waals surface area contributed by atoms with Gasteiger partial charge in [-0.25, -0.2) is 8.42 Å². The number of amides is 1. The van der Waals surface area contributed by atoms with Crippen LogP contribution < -0.4 is 19.1 Å². The number of sulfonamides is 1. The Hall–Kier alpha value is -2.78. The lowest BCUT2D eigenvalue weighted by Gasteiger charge is -2.30. The highest BCUT2D eigenvalue weighted by Crippen LogP contribution is 2.35. The van der Waals surface area contributed by atoms with Crippen molar-refractivity contribution in [3.8, 4) is 11.5 Å². The molecule has 1 fully saturated rings. The first kappa shape index (κ1) is 24.3. The topological polar surface area (TPSA) is 88.2 Å². The first-order valence-electron chi connectivity index (χ1n) is 11.8. The standard InChI is InChI=1S/C25H33N3O5S/c1-19(28(34(2,30)31)22-10-11-23-24(16-22)33-15-14-32-23)25(29)26-17-20-8-4-5-9-21(20)18-27-12-6-3-7-13-27/h4-5,8-11,16,19H,3,6-7,12-15,17-18H2,1-2H3,(H,26,29). The van der Waals surface area contributed by atoms with Crippen molar-refractivity contribution < 1.29 is 22.7 Å². The van der Waals surface area contributed by atoms with Crippen molar-refractivity contribution in [3.05, 3.63) is 53.6 Å². The monoisotopic (exact) mass is 487 g/mol. The van der Waals surface area contributed by atoms with Crippen LogP contribution in [0.1, 0.15) is 37.3 Å². The Morgan fingerprint density at radius 2 is 1.71 bits per heavy atom. The maximum absolute atomic E-state index is 13.1. The van der Waals surface area contributed by atoms with E-state index in [2.05, 4.69) is 16.3 Å². The van der Waals surface area contributed by atoms with Crippen molar-refractivity contribution in [3.63, 3.8) is 0 Å². The Balaban J connectivity index is 1.47. The molecule has 2 heterocycles. The minimum Gasteiger partial charge on any atom is -0.486 e. The van der Waals surface area contributed by atoms with Crippen molar-refractivity contribution >= 4 is 21.6 Å². The molecule has 1 unspecified atom stereocenters. The molecule has 0 bridgehead atoms. The molecule has 1 atom stereocenters. The van der Waals surface area contributed by atoms with Gasteiger partial charge in [-0.05, 0) is 56.1 Å². The predicted octanol–water partition coefficient (Wildman–Crippen LogP) is 2.91. The molecule has 4 rings (SSSR count). The Kier molecular flexibility index (Phi) is 7.63. The first-order chi connectivity index (χ1) is 16.3. The van der Waals surface area contributed by atoms with Gasteiger partial charge in [-0.2, -0.15) is 0 Å². The summed E-state index contributed by atoms with van der Waals surface area (Å²) in [6, 6.07) is 12.1. The van der Waals surface area contributed by atoms with Crippen LogP contribution in [0, 0.1) is 0 Å². The number of nitrogens with one attached hydrogen (secondary N) is 1. The highest BCUT2D eigenvalue weighted by atomic mass is 32.2. The zero-order valence-corrected chi connectivity index (χ0v) is 20.6. The van der Waals surface area contributed by atoms with Crippen LogP contribution in [0.3, 0.4) is 0 Å². The number of hydrogen-bond acceptors (Lipinski definition) is 6. The van der Waals surface area contributed by atoms with Gasteiger partial charge in [0.1, 0.15) is 19.3 Å². The molecular formula is C25H33N3O5S. The average Bonchev–Trinajstić information content (AvgIpc) is 2.83. The summed E-state index contributed by atoms with van der Waals surface area (Å²) in [5.74, 6) is 0.663. The number of hydrogen-bond donors (Lipinski definition) is 1. The van der Waals surface area contributed by atoms with Crippen molar-refractivity contribution in [1.82, 2.24) is 10.2 Å². The molecule has 184 valence electrons. The summed E-state index contributed by atoms with van der Waals surface area (Å²) in [5.41, 5.74) is 2.59. The number of nitrogens with zero attached hydrogens (tertiary/aromatic N) is 2. The van der Waals surface area contributed by atoms with Crippen LogP contribution in [0.5, 0.6) is 11.5 Å². The molecule has 2 aliphatic rings. The third-order valence-corrected chi connectivity index (χ3v) is 7.52. The number of rotatable bonds is 8. The van der Waals surface area contributed by atoms with Gasteiger partial charge in [0.2, 0.25) is 15.9 Å². The van der Waals surface area contributed by atoms with Gasteiger partial charge in [-0.3, -0.25) is 14.0 Å². The lowest BCUT2D eigenvalue weighted by atomic mass is 10.0. The van der Waals surface area contributed by atoms with Crippen LogP contribution in [0.2, 0.25) is 0 Å². The number of anilines is 1. The van der Waals surface area contributed by atoms with E-state index >= 15 is 0 Å². The number of carbonyl (C=O) groups excluding carboxylic acids is 1. The largest absolute Gasteiger partial charge is 0.486 e. The second kappa shape index (κ2) is 10.7. The molecule has 34 heavy (non-hydrogen) atoms. The molecule has 2 aromatic rings.